The van der Waals surface area contributed by atoms with Gasteiger partial charge in [0, 0.05) is 5.92 Å². The summed E-state index contributed by atoms with van der Waals surface area (Å²) in [5.41, 5.74) is 8.65. The molecule has 0 bridgehead atoms. The summed E-state index contributed by atoms with van der Waals surface area (Å²) < 4.78 is 5.30. The molecule has 158 valence electrons. The molecule has 1 aliphatic rings. The monoisotopic (exact) mass is 411 g/mol. The Morgan fingerprint density at radius 3 is 2.10 bits per heavy atom. The number of aliphatic carboxylic acids is 1. The summed E-state index contributed by atoms with van der Waals surface area (Å²) >= 11 is 0. The van der Waals surface area contributed by atoms with E-state index in [0.717, 1.165) is 22.3 Å². The number of hydrogen-bond acceptors (Lipinski definition) is 4. The highest BCUT2D eigenvalue weighted by atomic mass is 16.6. The number of carbonyl (C=O) groups excluding carboxylic acids is 2. The molecule has 0 aromatic heterocycles. The average molecular weight is 411 g/mol. The van der Waals surface area contributed by atoms with E-state index in [1.165, 1.54) is 0 Å². The summed E-state index contributed by atoms with van der Waals surface area (Å²) in [7, 11) is 0. The standard InChI is InChI=1S/C22H25N3O5/c1-3-13(2)19(20(26)27)23-21(28)24-25-22(29)30-12-18-16-10-6-4-8-14(16)15-9-5-7-11-17(15)18/h4-11,13,18-19H,3,12H2,1-2H3,(H,25,29)(H,26,27)(H2,23,24,28)/t13-,19-/m0/s1. The third kappa shape index (κ3) is 4.53. The van der Waals surface area contributed by atoms with E-state index in [2.05, 4.69) is 16.2 Å². The highest BCUT2D eigenvalue weighted by Crippen LogP contribution is 2.44. The molecule has 0 unspecified atom stereocenters. The molecule has 0 radical (unpaired) electrons. The molecule has 0 fully saturated rings. The Balaban J connectivity index is 1.54. The Hall–Kier alpha value is -3.55. The molecule has 2 aromatic rings. The summed E-state index contributed by atoms with van der Waals surface area (Å²) in [6.45, 7) is 3.65. The van der Waals surface area contributed by atoms with Crippen LogP contribution in [0.5, 0.6) is 0 Å². The molecule has 3 amide bonds. The summed E-state index contributed by atoms with van der Waals surface area (Å²) in [5, 5.41) is 11.5. The third-order valence-corrected chi connectivity index (χ3v) is 5.39. The number of hydrogen-bond donors (Lipinski definition) is 4. The second kappa shape index (κ2) is 9.30. The molecular weight excluding hydrogens is 386 g/mol. The van der Waals surface area contributed by atoms with Crippen LogP contribution < -0.4 is 16.2 Å². The molecule has 30 heavy (non-hydrogen) atoms. The Bertz CT molecular complexity index is 900. The normalized spacial score (nSPS) is 14.1. The molecule has 2 atom stereocenters. The molecule has 0 spiro atoms. The van der Waals surface area contributed by atoms with Crippen LogP contribution in [-0.4, -0.2) is 35.8 Å². The van der Waals surface area contributed by atoms with Crippen LogP contribution in [0.1, 0.15) is 37.3 Å². The smallest absolute Gasteiger partial charge is 0.426 e. The number of nitrogens with one attached hydrogen (secondary N) is 3. The summed E-state index contributed by atoms with van der Waals surface area (Å²) in [6, 6.07) is 14.0. The molecule has 8 nitrogen and oxygen atoms in total. The van der Waals surface area contributed by atoms with Gasteiger partial charge in [0.1, 0.15) is 12.6 Å². The number of carbonyl (C=O) groups is 3. The van der Waals surface area contributed by atoms with Gasteiger partial charge in [0.15, 0.2) is 0 Å². The van der Waals surface area contributed by atoms with Gasteiger partial charge in [-0.05, 0) is 28.2 Å². The maximum atomic E-state index is 12.0. The van der Waals surface area contributed by atoms with Crippen LogP contribution in [0, 0.1) is 5.92 Å². The van der Waals surface area contributed by atoms with Crippen molar-refractivity contribution in [2.75, 3.05) is 6.61 Å². The van der Waals surface area contributed by atoms with Crippen LogP contribution in [0.15, 0.2) is 48.5 Å². The van der Waals surface area contributed by atoms with Crippen LogP contribution in [0.4, 0.5) is 9.59 Å². The second-order valence-electron chi connectivity index (χ2n) is 7.25. The Morgan fingerprint density at radius 1 is 1.00 bits per heavy atom. The Labute approximate surface area is 174 Å². The van der Waals surface area contributed by atoms with Gasteiger partial charge in [0.25, 0.3) is 0 Å². The van der Waals surface area contributed by atoms with Gasteiger partial charge in [0.2, 0.25) is 0 Å². The minimum Gasteiger partial charge on any atom is -0.480 e. The molecule has 0 aliphatic heterocycles. The van der Waals surface area contributed by atoms with E-state index in [9.17, 15) is 19.5 Å². The number of benzene rings is 2. The van der Waals surface area contributed by atoms with Crippen molar-refractivity contribution in [1.82, 2.24) is 16.2 Å². The molecule has 2 aromatic carbocycles. The van der Waals surface area contributed by atoms with Crippen molar-refractivity contribution in [3.8, 4) is 11.1 Å². The minimum atomic E-state index is -1.14. The Morgan fingerprint density at radius 2 is 1.57 bits per heavy atom. The van der Waals surface area contributed by atoms with Crippen molar-refractivity contribution in [1.29, 1.82) is 0 Å². The van der Waals surface area contributed by atoms with Gasteiger partial charge in [-0.3, -0.25) is 0 Å². The summed E-state index contributed by atoms with van der Waals surface area (Å²) in [6.07, 6.45) is -0.251. The van der Waals surface area contributed by atoms with Gasteiger partial charge in [-0.25, -0.2) is 25.2 Å². The van der Waals surface area contributed by atoms with Crippen molar-refractivity contribution >= 4 is 18.1 Å². The largest absolute Gasteiger partial charge is 0.480 e. The molecule has 1 aliphatic carbocycles. The van der Waals surface area contributed by atoms with Crippen molar-refractivity contribution < 1.29 is 24.2 Å². The van der Waals surface area contributed by atoms with E-state index in [-0.39, 0.29) is 18.4 Å². The average Bonchev–Trinajstić information content (AvgIpc) is 3.07. The zero-order valence-corrected chi connectivity index (χ0v) is 16.8. The lowest BCUT2D eigenvalue weighted by Gasteiger charge is -2.20. The molecule has 0 saturated heterocycles. The van der Waals surface area contributed by atoms with Gasteiger partial charge in [-0.15, -0.1) is 0 Å². The first kappa shape index (κ1) is 21.2. The lowest BCUT2D eigenvalue weighted by atomic mass is 9.98. The first-order valence-corrected chi connectivity index (χ1v) is 9.82. The van der Waals surface area contributed by atoms with E-state index in [1.54, 1.807) is 6.92 Å². The van der Waals surface area contributed by atoms with Crippen molar-refractivity contribution in [3.63, 3.8) is 0 Å². The fourth-order valence-electron chi connectivity index (χ4n) is 3.60. The van der Waals surface area contributed by atoms with Crippen LogP contribution in [0.25, 0.3) is 11.1 Å². The lowest BCUT2D eigenvalue weighted by molar-refractivity contribution is -0.140. The number of fused-ring (bicyclic) bond motifs is 3. The number of hydrazine groups is 1. The van der Waals surface area contributed by atoms with E-state index in [1.807, 2.05) is 55.5 Å². The topological polar surface area (TPSA) is 117 Å². The number of carboxylic acid groups (broad SMARTS) is 1. The number of rotatable bonds is 6. The quantitative estimate of drug-likeness (QED) is 0.545. The van der Waals surface area contributed by atoms with Gasteiger partial charge in [-0.1, -0.05) is 68.8 Å². The molecule has 0 saturated carbocycles. The van der Waals surface area contributed by atoms with Gasteiger partial charge in [0.05, 0.1) is 0 Å². The minimum absolute atomic E-state index is 0.0984. The SMILES string of the molecule is CC[C@H](C)[C@H](NC(=O)NNC(=O)OCC1c2ccccc2-c2ccccc21)C(=O)O. The van der Waals surface area contributed by atoms with Crippen LogP contribution in [-0.2, 0) is 9.53 Å². The first-order chi connectivity index (χ1) is 14.4. The van der Waals surface area contributed by atoms with Crippen molar-refractivity contribution in [3.05, 3.63) is 59.7 Å². The van der Waals surface area contributed by atoms with E-state index < -0.39 is 24.1 Å². The molecule has 8 heteroatoms. The third-order valence-electron chi connectivity index (χ3n) is 5.39. The predicted octanol–water partition coefficient (Wildman–Crippen LogP) is 3.24. The van der Waals surface area contributed by atoms with Crippen LogP contribution in [0.3, 0.4) is 0 Å². The Kier molecular flexibility index (Phi) is 6.56. The van der Waals surface area contributed by atoms with Crippen LogP contribution >= 0.6 is 0 Å². The fourth-order valence-corrected chi connectivity index (χ4v) is 3.60. The van der Waals surface area contributed by atoms with E-state index >= 15 is 0 Å². The number of urea groups is 1. The molecule has 3 rings (SSSR count). The molecule has 0 heterocycles. The fraction of sp³-hybridized carbons (Fsp3) is 0.318. The summed E-state index contributed by atoms with van der Waals surface area (Å²) in [5.74, 6) is -1.50. The molecule has 4 N–H and O–H groups in total. The first-order valence-electron chi connectivity index (χ1n) is 9.82. The van der Waals surface area contributed by atoms with E-state index in [0.29, 0.717) is 6.42 Å². The van der Waals surface area contributed by atoms with Crippen LogP contribution in [0.2, 0.25) is 0 Å². The van der Waals surface area contributed by atoms with Crippen molar-refractivity contribution in [2.24, 2.45) is 5.92 Å². The van der Waals surface area contributed by atoms with Crippen molar-refractivity contribution in [2.45, 2.75) is 32.2 Å². The molecular formula is C22H25N3O5. The van der Waals surface area contributed by atoms with E-state index in [4.69, 9.17) is 4.74 Å². The zero-order valence-electron chi connectivity index (χ0n) is 16.8. The second-order valence-corrected chi connectivity index (χ2v) is 7.25. The summed E-state index contributed by atoms with van der Waals surface area (Å²) in [4.78, 5) is 35.2. The zero-order chi connectivity index (χ0) is 21.7. The maximum Gasteiger partial charge on any atom is 0.426 e. The maximum absolute atomic E-state index is 12.0. The van der Waals surface area contributed by atoms with Gasteiger partial charge in [-0.2, -0.15) is 0 Å². The van der Waals surface area contributed by atoms with Gasteiger partial charge >= 0.3 is 18.1 Å². The predicted molar refractivity (Wildman–Crippen MR) is 111 cm³/mol. The number of carboxylic acids is 1. The number of ether oxygens (including phenoxy) is 1. The van der Waals surface area contributed by atoms with Gasteiger partial charge < -0.3 is 15.2 Å². The highest BCUT2D eigenvalue weighted by molar-refractivity contribution is 5.84. The number of amides is 3. The lowest BCUT2D eigenvalue weighted by Crippen LogP contribution is -2.53. The highest BCUT2D eigenvalue weighted by Gasteiger charge is 2.29.